The fourth-order valence-corrected chi connectivity index (χ4v) is 2.68. The zero-order valence-electron chi connectivity index (χ0n) is 12.6. The summed E-state index contributed by atoms with van der Waals surface area (Å²) in [5.74, 6) is 0.756. The molecule has 1 aliphatic heterocycles. The van der Waals surface area contributed by atoms with Gasteiger partial charge < -0.3 is 15.1 Å². The van der Waals surface area contributed by atoms with Crippen LogP contribution in [0.2, 0.25) is 0 Å². The Bertz CT molecular complexity index is 675. The average Bonchev–Trinajstić information content (AvgIpc) is 2.76. The fraction of sp³-hybridized carbons (Fsp3) is 0.500. The Kier molecular flexibility index (Phi) is 3.35. The van der Waals surface area contributed by atoms with Crippen LogP contribution >= 0.6 is 0 Å². The number of benzene rings is 1. The number of anilines is 1. The molecule has 1 fully saturated rings. The molecule has 1 saturated heterocycles. The van der Waals surface area contributed by atoms with Gasteiger partial charge in [-0.15, -0.1) is 0 Å². The molecule has 1 aromatic carbocycles. The topological polar surface area (TPSA) is 72.4 Å². The molecule has 0 atom stereocenters. The highest BCUT2D eigenvalue weighted by Crippen LogP contribution is 2.31. The van der Waals surface area contributed by atoms with Crippen molar-refractivity contribution in [3.05, 3.63) is 24.1 Å². The van der Waals surface area contributed by atoms with E-state index in [0.717, 1.165) is 24.9 Å². The minimum absolute atomic E-state index is 0.183. The maximum Gasteiger partial charge on any atom is 0.223 e. The van der Waals surface area contributed by atoms with E-state index in [1.807, 2.05) is 11.0 Å². The van der Waals surface area contributed by atoms with Gasteiger partial charge in [-0.2, -0.15) is 0 Å². The number of oxazole rings is 1. The van der Waals surface area contributed by atoms with Crippen molar-refractivity contribution in [3.8, 4) is 0 Å². The van der Waals surface area contributed by atoms with E-state index in [1.165, 1.54) is 0 Å². The van der Waals surface area contributed by atoms with Gasteiger partial charge in [-0.25, -0.2) is 4.98 Å². The molecule has 0 unspecified atom stereocenters. The van der Waals surface area contributed by atoms with Gasteiger partial charge in [0.1, 0.15) is 5.52 Å². The molecule has 2 heterocycles. The molecule has 0 aliphatic carbocycles. The summed E-state index contributed by atoms with van der Waals surface area (Å²) in [5.41, 5.74) is 8.08. The van der Waals surface area contributed by atoms with Crippen LogP contribution in [0.3, 0.4) is 0 Å². The molecular weight excluding hydrogens is 266 g/mol. The first-order chi connectivity index (χ1) is 9.93. The summed E-state index contributed by atoms with van der Waals surface area (Å²) in [6, 6.07) is 5.39. The maximum atomic E-state index is 12.2. The quantitative estimate of drug-likeness (QED) is 0.862. The van der Waals surface area contributed by atoms with Crippen LogP contribution < -0.4 is 5.73 Å². The summed E-state index contributed by atoms with van der Waals surface area (Å²) in [7, 11) is 0. The number of carbonyl (C=O) groups is 1. The molecule has 5 nitrogen and oxygen atoms in total. The number of amides is 1. The summed E-state index contributed by atoms with van der Waals surface area (Å²) in [6.45, 7) is 5.62. The zero-order valence-corrected chi connectivity index (χ0v) is 12.6. The molecule has 1 aliphatic rings. The number of hydrogen-bond acceptors (Lipinski definition) is 4. The van der Waals surface area contributed by atoms with Gasteiger partial charge in [0.25, 0.3) is 0 Å². The van der Waals surface area contributed by atoms with Crippen molar-refractivity contribution in [2.45, 2.75) is 39.7 Å². The van der Waals surface area contributed by atoms with Crippen LogP contribution in [0.25, 0.3) is 11.1 Å². The van der Waals surface area contributed by atoms with E-state index in [9.17, 15) is 4.79 Å². The predicted octanol–water partition coefficient (Wildman–Crippen LogP) is 2.95. The number of aromatic nitrogens is 1. The van der Waals surface area contributed by atoms with E-state index in [-0.39, 0.29) is 11.3 Å². The largest absolute Gasteiger partial charge is 0.439 e. The number of likely N-dealkylation sites (tertiary alicyclic amines) is 1. The molecule has 1 aromatic heterocycles. The number of nitrogens with two attached hydrogens (primary N) is 1. The Morgan fingerprint density at radius 1 is 1.38 bits per heavy atom. The lowest BCUT2D eigenvalue weighted by Crippen LogP contribution is -2.30. The van der Waals surface area contributed by atoms with Gasteiger partial charge in [0, 0.05) is 18.7 Å². The third-order valence-corrected chi connectivity index (χ3v) is 4.21. The molecule has 0 radical (unpaired) electrons. The molecule has 112 valence electrons. The molecule has 3 rings (SSSR count). The Hall–Kier alpha value is -2.04. The molecule has 0 saturated carbocycles. The van der Waals surface area contributed by atoms with Crippen LogP contribution in [-0.2, 0) is 11.3 Å². The second-order valence-corrected chi connectivity index (χ2v) is 6.56. The number of carbonyl (C=O) groups excluding carboxylic acids is 1. The Morgan fingerprint density at radius 2 is 2.19 bits per heavy atom. The van der Waals surface area contributed by atoms with Crippen molar-refractivity contribution in [1.29, 1.82) is 0 Å². The van der Waals surface area contributed by atoms with Gasteiger partial charge in [0.15, 0.2) is 5.58 Å². The minimum Gasteiger partial charge on any atom is -0.439 e. The molecule has 2 aromatic rings. The first-order valence-electron chi connectivity index (χ1n) is 7.36. The molecular formula is C16H21N3O2. The number of fused-ring (bicyclic) bond motifs is 1. The standard InChI is InChI=1S/C16H21N3O2/c1-16(2)6-5-15(20)19(8-7-16)10-14-18-12-9-11(17)3-4-13(12)21-14/h3-4,9H,5-8,10,17H2,1-2H3. The zero-order chi connectivity index (χ0) is 15.0. The first-order valence-corrected chi connectivity index (χ1v) is 7.36. The Balaban J connectivity index is 1.79. The van der Waals surface area contributed by atoms with E-state index in [0.29, 0.717) is 30.1 Å². The smallest absolute Gasteiger partial charge is 0.223 e. The monoisotopic (exact) mass is 287 g/mol. The molecule has 21 heavy (non-hydrogen) atoms. The number of nitrogen functional groups attached to an aromatic ring is 1. The molecule has 1 amide bonds. The van der Waals surface area contributed by atoms with Gasteiger partial charge in [0.05, 0.1) is 6.54 Å². The predicted molar refractivity (Wildman–Crippen MR) is 81.5 cm³/mol. The third kappa shape index (κ3) is 3.01. The van der Waals surface area contributed by atoms with Gasteiger partial charge >= 0.3 is 0 Å². The lowest BCUT2D eigenvalue weighted by Gasteiger charge is -2.22. The first kappa shape index (κ1) is 13.9. The van der Waals surface area contributed by atoms with Crippen LogP contribution in [0, 0.1) is 5.41 Å². The average molecular weight is 287 g/mol. The van der Waals surface area contributed by atoms with Gasteiger partial charge in [-0.1, -0.05) is 13.8 Å². The van der Waals surface area contributed by atoms with E-state index >= 15 is 0 Å². The Morgan fingerprint density at radius 3 is 3.00 bits per heavy atom. The lowest BCUT2D eigenvalue weighted by atomic mass is 9.85. The third-order valence-electron chi connectivity index (χ3n) is 4.21. The van der Waals surface area contributed by atoms with Gasteiger partial charge in [-0.3, -0.25) is 4.79 Å². The number of nitrogens with zero attached hydrogens (tertiary/aromatic N) is 2. The summed E-state index contributed by atoms with van der Waals surface area (Å²) < 4.78 is 5.71. The van der Waals surface area contributed by atoms with Crippen LogP contribution in [0.5, 0.6) is 0 Å². The summed E-state index contributed by atoms with van der Waals surface area (Å²) in [6.07, 6.45) is 2.54. The van der Waals surface area contributed by atoms with Crippen LogP contribution in [0.1, 0.15) is 39.0 Å². The van der Waals surface area contributed by atoms with E-state index in [2.05, 4.69) is 18.8 Å². The summed E-state index contributed by atoms with van der Waals surface area (Å²) >= 11 is 0. The number of rotatable bonds is 2. The maximum absolute atomic E-state index is 12.2. The van der Waals surface area contributed by atoms with Crippen LogP contribution in [-0.4, -0.2) is 22.3 Å². The second kappa shape index (κ2) is 5.06. The van der Waals surface area contributed by atoms with Crippen molar-refractivity contribution >= 4 is 22.7 Å². The highest BCUT2D eigenvalue weighted by molar-refractivity contribution is 5.78. The fourth-order valence-electron chi connectivity index (χ4n) is 2.68. The SMILES string of the molecule is CC1(C)CCC(=O)N(Cc2nc3cc(N)ccc3o2)CC1. The highest BCUT2D eigenvalue weighted by atomic mass is 16.3. The van der Waals surface area contributed by atoms with Crippen molar-refractivity contribution in [3.63, 3.8) is 0 Å². The summed E-state index contributed by atoms with van der Waals surface area (Å²) in [4.78, 5) is 18.5. The molecule has 0 bridgehead atoms. The van der Waals surface area contributed by atoms with Crippen LogP contribution in [0.4, 0.5) is 5.69 Å². The number of hydrogen-bond donors (Lipinski definition) is 1. The second-order valence-electron chi connectivity index (χ2n) is 6.56. The van der Waals surface area contributed by atoms with Crippen molar-refractivity contribution < 1.29 is 9.21 Å². The Labute approximate surface area is 124 Å². The van der Waals surface area contributed by atoms with Gasteiger partial charge in [-0.05, 0) is 36.5 Å². The molecule has 5 heteroatoms. The van der Waals surface area contributed by atoms with Crippen molar-refractivity contribution in [1.82, 2.24) is 9.88 Å². The van der Waals surface area contributed by atoms with Gasteiger partial charge in [0.2, 0.25) is 11.8 Å². The lowest BCUT2D eigenvalue weighted by molar-refractivity contribution is -0.131. The normalized spacial score (nSPS) is 19.0. The van der Waals surface area contributed by atoms with Crippen molar-refractivity contribution in [2.24, 2.45) is 5.41 Å². The van der Waals surface area contributed by atoms with Crippen LogP contribution in [0.15, 0.2) is 22.6 Å². The minimum atomic E-state index is 0.183. The van der Waals surface area contributed by atoms with E-state index in [1.54, 1.807) is 12.1 Å². The van der Waals surface area contributed by atoms with E-state index in [4.69, 9.17) is 10.2 Å². The summed E-state index contributed by atoms with van der Waals surface area (Å²) in [5, 5.41) is 0. The van der Waals surface area contributed by atoms with Crippen molar-refractivity contribution in [2.75, 3.05) is 12.3 Å². The molecule has 2 N–H and O–H groups in total. The molecule has 0 spiro atoms. The van der Waals surface area contributed by atoms with E-state index < -0.39 is 0 Å². The highest BCUT2D eigenvalue weighted by Gasteiger charge is 2.28.